The molecule has 0 bridgehead atoms. The number of rotatable bonds is 5. The van der Waals surface area contributed by atoms with Gasteiger partial charge in [0, 0.05) is 24.4 Å². The number of hydrogen-bond acceptors (Lipinski definition) is 4. The molecule has 5 heteroatoms. The van der Waals surface area contributed by atoms with E-state index in [0.29, 0.717) is 11.6 Å². The minimum absolute atomic E-state index is 0.0314. The van der Waals surface area contributed by atoms with Crippen LogP contribution >= 0.6 is 0 Å². The molecule has 0 saturated heterocycles. The predicted octanol–water partition coefficient (Wildman–Crippen LogP) is 2.85. The molecule has 1 aromatic heterocycles. The summed E-state index contributed by atoms with van der Waals surface area (Å²) in [6.07, 6.45) is 4.02. The Kier molecular flexibility index (Phi) is 3.56. The van der Waals surface area contributed by atoms with Crippen molar-refractivity contribution in [2.45, 2.75) is 44.6 Å². The largest absolute Gasteiger partial charge is 0.493 e. The molecule has 1 aliphatic carbocycles. The van der Waals surface area contributed by atoms with Crippen LogP contribution in [0.1, 0.15) is 53.1 Å². The van der Waals surface area contributed by atoms with Crippen molar-refractivity contribution in [3.05, 3.63) is 46.8 Å². The Labute approximate surface area is 135 Å². The molecule has 4 rings (SSSR count). The maximum absolute atomic E-state index is 12.2. The first-order valence-electron chi connectivity index (χ1n) is 8.21. The van der Waals surface area contributed by atoms with Gasteiger partial charge in [-0.2, -0.15) is 0 Å². The Morgan fingerprint density at radius 1 is 1.39 bits per heavy atom. The van der Waals surface area contributed by atoms with E-state index in [2.05, 4.69) is 22.6 Å². The molecule has 23 heavy (non-hydrogen) atoms. The van der Waals surface area contributed by atoms with Gasteiger partial charge >= 0.3 is 0 Å². The summed E-state index contributed by atoms with van der Waals surface area (Å²) in [6.45, 7) is 2.77. The van der Waals surface area contributed by atoms with Crippen LogP contribution in [-0.4, -0.2) is 23.7 Å². The van der Waals surface area contributed by atoms with Crippen LogP contribution in [0.2, 0.25) is 0 Å². The van der Waals surface area contributed by atoms with E-state index in [-0.39, 0.29) is 11.9 Å². The van der Waals surface area contributed by atoms with Gasteiger partial charge in [-0.25, -0.2) is 0 Å². The Morgan fingerprint density at radius 3 is 3.09 bits per heavy atom. The first kappa shape index (κ1) is 14.3. The molecule has 1 N–H and O–H groups in total. The monoisotopic (exact) mass is 312 g/mol. The second-order valence-electron chi connectivity index (χ2n) is 6.51. The number of nitrogens with zero attached hydrogens (tertiary/aromatic N) is 1. The molecule has 1 amide bonds. The molecule has 1 fully saturated rings. The van der Waals surface area contributed by atoms with E-state index in [0.717, 1.165) is 43.8 Å². The Hall–Kier alpha value is -2.30. The molecule has 0 spiro atoms. The van der Waals surface area contributed by atoms with Crippen molar-refractivity contribution in [2.75, 3.05) is 6.61 Å². The third-order valence-electron chi connectivity index (χ3n) is 4.41. The van der Waals surface area contributed by atoms with Gasteiger partial charge in [0.25, 0.3) is 5.91 Å². The van der Waals surface area contributed by atoms with Crippen LogP contribution in [0.5, 0.6) is 5.75 Å². The SMILES string of the molecule is CC(Cc1ccc2c(c1)CCO2)NC(=O)c1cc(C2CC2)on1. The lowest BCUT2D eigenvalue weighted by molar-refractivity contribution is 0.0931. The quantitative estimate of drug-likeness (QED) is 0.922. The first-order valence-corrected chi connectivity index (χ1v) is 8.21. The van der Waals surface area contributed by atoms with E-state index in [1.165, 1.54) is 11.1 Å². The Bertz CT molecular complexity index is 734. The molecule has 1 unspecified atom stereocenters. The minimum Gasteiger partial charge on any atom is -0.493 e. The third-order valence-corrected chi connectivity index (χ3v) is 4.41. The summed E-state index contributed by atoms with van der Waals surface area (Å²) in [4.78, 5) is 12.2. The number of amides is 1. The highest BCUT2D eigenvalue weighted by Crippen LogP contribution is 2.40. The standard InChI is InChI=1S/C18H20N2O3/c1-11(8-12-2-5-16-14(9-12)6-7-22-16)19-18(21)15-10-17(23-20-15)13-3-4-13/h2,5,9-11,13H,3-4,6-8H2,1H3,(H,19,21). The molecule has 1 aliphatic heterocycles. The maximum Gasteiger partial charge on any atom is 0.273 e. The molecule has 120 valence electrons. The summed E-state index contributed by atoms with van der Waals surface area (Å²) in [5, 5.41) is 6.87. The van der Waals surface area contributed by atoms with Crippen molar-refractivity contribution in [3.8, 4) is 5.75 Å². The van der Waals surface area contributed by atoms with Gasteiger partial charge in [0.2, 0.25) is 0 Å². The molecule has 5 nitrogen and oxygen atoms in total. The fourth-order valence-electron chi connectivity index (χ4n) is 3.03. The van der Waals surface area contributed by atoms with Gasteiger partial charge in [0.05, 0.1) is 6.61 Å². The molecule has 2 heterocycles. The molecule has 1 aromatic carbocycles. The zero-order valence-corrected chi connectivity index (χ0v) is 13.2. The van der Waals surface area contributed by atoms with E-state index in [9.17, 15) is 4.79 Å². The van der Waals surface area contributed by atoms with E-state index in [1.54, 1.807) is 6.07 Å². The van der Waals surface area contributed by atoms with Gasteiger partial charge in [0.1, 0.15) is 11.5 Å². The number of aromatic nitrogens is 1. The van der Waals surface area contributed by atoms with Crippen molar-refractivity contribution in [3.63, 3.8) is 0 Å². The van der Waals surface area contributed by atoms with Gasteiger partial charge < -0.3 is 14.6 Å². The van der Waals surface area contributed by atoms with E-state index in [4.69, 9.17) is 9.26 Å². The van der Waals surface area contributed by atoms with Crippen LogP contribution in [0.4, 0.5) is 0 Å². The number of nitrogens with one attached hydrogen (secondary N) is 1. The highest BCUT2D eigenvalue weighted by Gasteiger charge is 2.29. The highest BCUT2D eigenvalue weighted by molar-refractivity contribution is 5.92. The van der Waals surface area contributed by atoms with Crippen molar-refractivity contribution in [1.82, 2.24) is 10.5 Å². The van der Waals surface area contributed by atoms with Crippen LogP contribution in [0, 0.1) is 0 Å². The average molecular weight is 312 g/mol. The van der Waals surface area contributed by atoms with Crippen molar-refractivity contribution in [2.24, 2.45) is 0 Å². The topological polar surface area (TPSA) is 64.4 Å². The lowest BCUT2D eigenvalue weighted by atomic mass is 10.0. The van der Waals surface area contributed by atoms with Gasteiger partial charge in [-0.05, 0) is 43.4 Å². The molecular weight excluding hydrogens is 292 g/mol. The number of hydrogen-bond donors (Lipinski definition) is 1. The molecular formula is C18H20N2O3. The fourth-order valence-corrected chi connectivity index (χ4v) is 3.03. The first-order chi connectivity index (χ1) is 11.2. The zero-order chi connectivity index (χ0) is 15.8. The number of carbonyl (C=O) groups excluding carboxylic acids is 1. The number of carbonyl (C=O) groups is 1. The minimum atomic E-state index is -0.169. The number of benzene rings is 1. The zero-order valence-electron chi connectivity index (χ0n) is 13.2. The van der Waals surface area contributed by atoms with Crippen LogP contribution < -0.4 is 10.1 Å². The Balaban J connectivity index is 1.37. The smallest absolute Gasteiger partial charge is 0.273 e. The molecule has 2 aromatic rings. The second kappa shape index (κ2) is 5.72. The van der Waals surface area contributed by atoms with Gasteiger partial charge in [0.15, 0.2) is 5.69 Å². The van der Waals surface area contributed by atoms with Crippen LogP contribution in [0.3, 0.4) is 0 Å². The molecule has 2 aliphatic rings. The van der Waals surface area contributed by atoms with Gasteiger partial charge in [-0.1, -0.05) is 17.3 Å². The van der Waals surface area contributed by atoms with E-state index >= 15 is 0 Å². The molecule has 1 saturated carbocycles. The molecule has 1 atom stereocenters. The maximum atomic E-state index is 12.2. The van der Waals surface area contributed by atoms with Gasteiger partial charge in [-0.15, -0.1) is 0 Å². The number of ether oxygens (including phenoxy) is 1. The van der Waals surface area contributed by atoms with Crippen LogP contribution in [0.15, 0.2) is 28.8 Å². The number of fused-ring (bicyclic) bond motifs is 1. The lowest BCUT2D eigenvalue weighted by Crippen LogP contribution is -2.34. The summed E-state index contributed by atoms with van der Waals surface area (Å²) in [7, 11) is 0. The van der Waals surface area contributed by atoms with Crippen molar-refractivity contribution in [1.29, 1.82) is 0 Å². The van der Waals surface area contributed by atoms with Crippen LogP contribution in [0.25, 0.3) is 0 Å². The summed E-state index contributed by atoms with van der Waals surface area (Å²) in [6, 6.07) is 8.06. The van der Waals surface area contributed by atoms with Crippen molar-refractivity contribution < 1.29 is 14.1 Å². The van der Waals surface area contributed by atoms with Crippen molar-refractivity contribution >= 4 is 5.91 Å². The highest BCUT2D eigenvalue weighted by atomic mass is 16.5. The third kappa shape index (κ3) is 3.09. The van der Waals surface area contributed by atoms with E-state index < -0.39 is 0 Å². The van der Waals surface area contributed by atoms with Gasteiger partial charge in [-0.3, -0.25) is 4.79 Å². The summed E-state index contributed by atoms with van der Waals surface area (Å²) >= 11 is 0. The lowest BCUT2D eigenvalue weighted by Gasteiger charge is -2.13. The predicted molar refractivity (Wildman–Crippen MR) is 84.8 cm³/mol. The second-order valence-corrected chi connectivity index (χ2v) is 6.51. The Morgan fingerprint density at radius 2 is 2.26 bits per heavy atom. The fraction of sp³-hybridized carbons (Fsp3) is 0.444. The summed E-state index contributed by atoms with van der Waals surface area (Å²) in [5.41, 5.74) is 2.84. The normalized spacial score (nSPS) is 17.4. The van der Waals surface area contributed by atoms with Crippen LogP contribution in [-0.2, 0) is 12.8 Å². The van der Waals surface area contributed by atoms with E-state index in [1.807, 2.05) is 13.0 Å². The average Bonchev–Trinajstić information content (AvgIpc) is 3.08. The summed E-state index contributed by atoms with van der Waals surface area (Å²) in [5.74, 6) is 2.12. The molecule has 0 radical (unpaired) electrons. The summed E-state index contributed by atoms with van der Waals surface area (Å²) < 4.78 is 10.8.